The Bertz CT molecular complexity index is 689. The summed E-state index contributed by atoms with van der Waals surface area (Å²) >= 11 is 0. The number of hydrogen-bond acceptors (Lipinski definition) is 5. The summed E-state index contributed by atoms with van der Waals surface area (Å²) in [6.07, 6.45) is 2.49. The number of nitrogen functional groups attached to an aromatic ring is 1. The van der Waals surface area contributed by atoms with Gasteiger partial charge in [-0.05, 0) is 18.1 Å². The molecule has 0 saturated carbocycles. The predicted octanol–water partition coefficient (Wildman–Crippen LogP) is 0.719. The molecular formula is C12H13FN4O2S. The molecule has 0 amide bonds. The van der Waals surface area contributed by atoms with Gasteiger partial charge in [0.15, 0.2) is 0 Å². The van der Waals surface area contributed by atoms with E-state index in [2.05, 4.69) is 14.7 Å². The van der Waals surface area contributed by atoms with Crippen LogP contribution in [0.4, 0.5) is 10.3 Å². The molecule has 1 aromatic heterocycles. The molecular weight excluding hydrogens is 283 g/mol. The molecule has 0 atom stereocenters. The third-order valence-electron chi connectivity index (χ3n) is 2.60. The van der Waals surface area contributed by atoms with Crippen molar-refractivity contribution in [3.8, 4) is 0 Å². The van der Waals surface area contributed by atoms with Gasteiger partial charge < -0.3 is 5.73 Å². The number of hydrogen-bond donors (Lipinski definition) is 2. The maximum Gasteiger partial charge on any atom is 0.243 e. The van der Waals surface area contributed by atoms with Crippen LogP contribution in [0.25, 0.3) is 0 Å². The van der Waals surface area contributed by atoms with Gasteiger partial charge in [0.1, 0.15) is 10.7 Å². The number of anilines is 1. The third-order valence-corrected chi connectivity index (χ3v) is 4.02. The van der Waals surface area contributed by atoms with Gasteiger partial charge in [-0.2, -0.15) is 0 Å². The highest BCUT2D eigenvalue weighted by Crippen LogP contribution is 2.08. The summed E-state index contributed by atoms with van der Waals surface area (Å²) in [5.74, 6) is -0.363. The normalized spacial score (nSPS) is 11.4. The van der Waals surface area contributed by atoms with E-state index in [1.165, 1.54) is 6.07 Å². The van der Waals surface area contributed by atoms with Gasteiger partial charge >= 0.3 is 0 Å². The van der Waals surface area contributed by atoms with Crippen molar-refractivity contribution in [1.29, 1.82) is 0 Å². The monoisotopic (exact) mass is 296 g/mol. The highest BCUT2D eigenvalue weighted by Gasteiger charge is 2.14. The van der Waals surface area contributed by atoms with Crippen LogP contribution in [0.2, 0.25) is 0 Å². The molecule has 8 heteroatoms. The van der Waals surface area contributed by atoms with Crippen LogP contribution in [0.3, 0.4) is 0 Å². The number of sulfonamides is 1. The summed E-state index contributed by atoms with van der Waals surface area (Å²) in [5.41, 5.74) is 5.73. The second-order valence-electron chi connectivity index (χ2n) is 4.02. The van der Waals surface area contributed by atoms with E-state index in [-0.39, 0.29) is 29.6 Å². The van der Waals surface area contributed by atoms with Gasteiger partial charge in [0.2, 0.25) is 16.0 Å². The molecule has 0 radical (unpaired) electrons. The van der Waals surface area contributed by atoms with Crippen molar-refractivity contribution in [2.45, 2.75) is 11.3 Å². The lowest BCUT2D eigenvalue weighted by Crippen LogP contribution is -2.26. The molecule has 0 unspecified atom stereocenters. The Hall–Kier alpha value is -2.06. The first-order valence-electron chi connectivity index (χ1n) is 5.79. The first-order valence-corrected chi connectivity index (χ1v) is 7.28. The standard InChI is InChI=1S/C12H13FN4O2S/c13-11-4-2-1-3-9(11)5-6-17-20(18,19)10-7-15-12(14)16-8-10/h1-4,7-8,17H,5-6H2,(H2,14,15,16). The van der Waals surface area contributed by atoms with Gasteiger partial charge in [-0.15, -0.1) is 0 Å². The van der Waals surface area contributed by atoms with Crippen molar-refractivity contribution in [3.63, 3.8) is 0 Å². The minimum atomic E-state index is -3.71. The number of aromatic nitrogens is 2. The lowest BCUT2D eigenvalue weighted by molar-refractivity contribution is 0.576. The fourth-order valence-corrected chi connectivity index (χ4v) is 2.49. The van der Waals surface area contributed by atoms with E-state index >= 15 is 0 Å². The number of nitrogens with one attached hydrogen (secondary N) is 1. The van der Waals surface area contributed by atoms with Crippen molar-refractivity contribution in [2.75, 3.05) is 12.3 Å². The Balaban J connectivity index is 2.00. The second kappa shape index (κ2) is 5.93. The zero-order valence-corrected chi connectivity index (χ0v) is 11.3. The highest BCUT2D eigenvalue weighted by atomic mass is 32.2. The van der Waals surface area contributed by atoms with Crippen LogP contribution in [0.5, 0.6) is 0 Å². The Morgan fingerprint density at radius 1 is 1.20 bits per heavy atom. The van der Waals surface area contributed by atoms with Crippen LogP contribution in [-0.2, 0) is 16.4 Å². The SMILES string of the molecule is Nc1ncc(S(=O)(=O)NCCc2ccccc2F)cn1. The Kier molecular flexibility index (Phi) is 4.26. The van der Waals surface area contributed by atoms with E-state index in [1.807, 2.05) is 0 Å². The van der Waals surface area contributed by atoms with Crippen LogP contribution < -0.4 is 10.5 Å². The van der Waals surface area contributed by atoms with E-state index in [9.17, 15) is 12.8 Å². The molecule has 2 aromatic rings. The molecule has 2 rings (SSSR count). The zero-order chi connectivity index (χ0) is 14.6. The number of nitrogens with zero attached hydrogens (tertiary/aromatic N) is 2. The summed E-state index contributed by atoms with van der Waals surface area (Å²) in [6.45, 7) is 0.0770. The Morgan fingerprint density at radius 3 is 2.50 bits per heavy atom. The largest absolute Gasteiger partial charge is 0.368 e. The number of rotatable bonds is 5. The maximum absolute atomic E-state index is 13.4. The summed E-state index contributed by atoms with van der Waals surface area (Å²) in [6, 6.07) is 6.21. The molecule has 106 valence electrons. The van der Waals surface area contributed by atoms with E-state index in [4.69, 9.17) is 5.73 Å². The van der Waals surface area contributed by atoms with Gasteiger partial charge in [-0.25, -0.2) is 27.5 Å². The molecule has 1 heterocycles. The fourth-order valence-electron chi connectivity index (χ4n) is 1.57. The fraction of sp³-hybridized carbons (Fsp3) is 0.167. The van der Waals surface area contributed by atoms with Crippen molar-refractivity contribution in [3.05, 3.63) is 48.0 Å². The summed E-state index contributed by atoms with van der Waals surface area (Å²) in [4.78, 5) is 7.14. The number of benzene rings is 1. The lowest BCUT2D eigenvalue weighted by atomic mass is 10.1. The van der Waals surface area contributed by atoms with Crippen LogP contribution in [0, 0.1) is 5.82 Å². The predicted molar refractivity (Wildman–Crippen MR) is 71.7 cm³/mol. The zero-order valence-electron chi connectivity index (χ0n) is 10.5. The molecule has 0 aliphatic carbocycles. The quantitative estimate of drug-likeness (QED) is 0.847. The van der Waals surface area contributed by atoms with Crippen molar-refractivity contribution < 1.29 is 12.8 Å². The smallest absolute Gasteiger partial charge is 0.243 e. The van der Waals surface area contributed by atoms with Gasteiger partial charge in [-0.1, -0.05) is 18.2 Å². The molecule has 3 N–H and O–H groups in total. The molecule has 0 spiro atoms. The topological polar surface area (TPSA) is 98.0 Å². The molecule has 1 aromatic carbocycles. The average molecular weight is 296 g/mol. The van der Waals surface area contributed by atoms with Crippen molar-refractivity contribution in [1.82, 2.24) is 14.7 Å². The van der Waals surface area contributed by atoms with Crippen LogP contribution in [0.1, 0.15) is 5.56 Å². The Morgan fingerprint density at radius 2 is 1.85 bits per heavy atom. The Labute approximate surface area is 115 Å². The molecule has 20 heavy (non-hydrogen) atoms. The van der Waals surface area contributed by atoms with E-state index < -0.39 is 10.0 Å². The summed E-state index contributed by atoms with van der Waals surface area (Å²) in [5, 5.41) is 0. The number of halogens is 1. The van der Waals surface area contributed by atoms with E-state index in [0.717, 1.165) is 12.4 Å². The van der Waals surface area contributed by atoms with Crippen LogP contribution in [-0.4, -0.2) is 24.9 Å². The van der Waals surface area contributed by atoms with Crippen molar-refractivity contribution in [2.24, 2.45) is 0 Å². The average Bonchev–Trinajstić information content (AvgIpc) is 2.41. The van der Waals surface area contributed by atoms with Gasteiger partial charge in [0.25, 0.3) is 0 Å². The highest BCUT2D eigenvalue weighted by molar-refractivity contribution is 7.89. The van der Waals surface area contributed by atoms with Crippen LogP contribution in [0.15, 0.2) is 41.6 Å². The molecule has 0 fully saturated rings. The lowest BCUT2D eigenvalue weighted by Gasteiger charge is -2.07. The summed E-state index contributed by atoms with van der Waals surface area (Å²) in [7, 11) is -3.71. The summed E-state index contributed by atoms with van der Waals surface area (Å²) < 4.78 is 39.5. The first-order chi connectivity index (χ1) is 9.49. The van der Waals surface area contributed by atoms with Crippen molar-refractivity contribution >= 4 is 16.0 Å². The molecule has 6 nitrogen and oxygen atoms in total. The minimum absolute atomic E-state index is 0.00435. The third kappa shape index (κ3) is 3.49. The van der Waals surface area contributed by atoms with Crippen LogP contribution >= 0.6 is 0 Å². The number of nitrogens with two attached hydrogens (primary N) is 1. The molecule has 0 saturated heterocycles. The maximum atomic E-state index is 13.4. The molecule has 0 bridgehead atoms. The van der Waals surface area contributed by atoms with Gasteiger partial charge in [-0.3, -0.25) is 0 Å². The molecule has 0 aliphatic rings. The first kappa shape index (κ1) is 14.4. The van der Waals surface area contributed by atoms with Gasteiger partial charge in [0, 0.05) is 6.54 Å². The second-order valence-corrected chi connectivity index (χ2v) is 5.78. The van der Waals surface area contributed by atoms with E-state index in [1.54, 1.807) is 18.2 Å². The van der Waals surface area contributed by atoms with E-state index in [0.29, 0.717) is 5.56 Å². The van der Waals surface area contributed by atoms with Gasteiger partial charge in [0.05, 0.1) is 12.4 Å². The minimum Gasteiger partial charge on any atom is -0.368 e. The molecule has 0 aliphatic heterocycles.